The maximum absolute atomic E-state index is 12.5. The van der Waals surface area contributed by atoms with Gasteiger partial charge in [-0.25, -0.2) is 8.42 Å². The van der Waals surface area contributed by atoms with Gasteiger partial charge in [0.2, 0.25) is 0 Å². The van der Waals surface area contributed by atoms with Gasteiger partial charge in [-0.2, -0.15) is 0 Å². The Labute approximate surface area is 154 Å². The van der Waals surface area contributed by atoms with E-state index in [0.717, 1.165) is 6.07 Å². The van der Waals surface area contributed by atoms with Crippen LogP contribution >= 0.6 is 23.2 Å². The van der Waals surface area contributed by atoms with Gasteiger partial charge in [-0.3, -0.25) is 4.72 Å². The standard InChI is InChI=1S/C15H13Cl2NO6S/c1-23-13-6-11(15(19)20)12(7-14(13)24-2)18-25(21,22)10-4-8(16)3-9(17)5-10/h3-7,18H,1-2H3,(H,19,20)/p-1. The van der Waals surface area contributed by atoms with E-state index in [1.807, 2.05) is 0 Å². The third-order valence-electron chi connectivity index (χ3n) is 3.13. The van der Waals surface area contributed by atoms with Crippen LogP contribution in [0.15, 0.2) is 35.2 Å². The molecule has 10 heteroatoms. The summed E-state index contributed by atoms with van der Waals surface area (Å²) >= 11 is 11.6. The van der Waals surface area contributed by atoms with Gasteiger partial charge in [0.25, 0.3) is 10.0 Å². The molecule has 1 N–H and O–H groups in total. The van der Waals surface area contributed by atoms with Crippen molar-refractivity contribution in [2.45, 2.75) is 4.90 Å². The highest BCUT2D eigenvalue weighted by Gasteiger charge is 2.20. The topological polar surface area (TPSA) is 105 Å². The van der Waals surface area contributed by atoms with E-state index in [9.17, 15) is 18.3 Å². The molecule has 134 valence electrons. The highest BCUT2D eigenvalue weighted by Crippen LogP contribution is 2.34. The number of rotatable bonds is 6. The quantitative estimate of drug-likeness (QED) is 0.790. The highest BCUT2D eigenvalue weighted by atomic mass is 35.5. The van der Waals surface area contributed by atoms with E-state index in [4.69, 9.17) is 32.7 Å². The van der Waals surface area contributed by atoms with Crippen molar-refractivity contribution in [2.75, 3.05) is 18.9 Å². The van der Waals surface area contributed by atoms with Gasteiger partial charge >= 0.3 is 0 Å². The zero-order valence-corrected chi connectivity index (χ0v) is 15.3. The molecule has 2 rings (SSSR count). The number of halogens is 2. The molecule has 0 aliphatic carbocycles. The molecule has 2 aromatic rings. The number of nitrogens with one attached hydrogen (secondary N) is 1. The first-order chi connectivity index (χ1) is 11.7. The summed E-state index contributed by atoms with van der Waals surface area (Å²) in [6, 6.07) is 5.99. The molecule has 0 atom stereocenters. The molecular weight excluding hydrogens is 393 g/mol. The lowest BCUT2D eigenvalue weighted by Crippen LogP contribution is -2.25. The van der Waals surface area contributed by atoms with Crippen LogP contribution in [0, 0.1) is 0 Å². The summed E-state index contributed by atoms with van der Waals surface area (Å²) in [5.74, 6) is -1.35. The molecule has 0 aliphatic heterocycles. The zero-order chi connectivity index (χ0) is 18.8. The van der Waals surface area contributed by atoms with Gasteiger partial charge in [0.1, 0.15) is 0 Å². The number of benzene rings is 2. The number of anilines is 1. The first kappa shape index (κ1) is 19.2. The Morgan fingerprint density at radius 2 is 1.52 bits per heavy atom. The second-order valence-electron chi connectivity index (χ2n) is 4.75. The minimum Gasteiger partial charge on any atom is -0.545 e. The van der Waals surface area contributed by atoms with Crippen LogP contribution in [0.2, 0.25) is 10.0 Å². The third-order valence-corrected chi connectivity index (χ3v) is 4.92. The summed E-state index contributed by atoms with van der Waals surface area (Å²) in [5, 5.41) is 11.6. The van der Waals surface area contributed by atoms with E-state index < -0.39 is 21.6 Å². The molecule has 0 unspecified atom stereocenters. The number of carboxylic acid groups (broad SMARTS) is 1. The minimum absolute atomic E-state index is 0.107. The lowest BCUT2D eigenvalue weighted by Gasteiger charge is -2.17. The maximum Gasteiger partial charge on any atom is 0.262 e. The SMILES string of the molecule is COc1cc(NS(=O)(=O)c2cc(Cl)cc(Cl)c2)c(C(=O)[O-])cc1OC. The van der Waals surface area contributed by atoms with Crippen molar-refractivity contribution in [1.82, 2.24) is 0 Å². The van der Waals surface area contributed by atoms with Crippen molar-refractivity contribution in [3.05, 3.63) is 45.9 Å². The number of aromatic carboxylic acids is 1. The predicted molar refractivity (Wildman–Crippen MR) is 91.1 cm³/mol. The summed E-state index contributed by atoms with van der Waals surface area (Å²) in [5.41, 5.74) is -0.678. The van der Waals surface area contributed by atoms with Gasteiger partial charge < -0.3 is 19.4 Å². The van der Waals surface area contributed by atoms with Crippen molar-refractivity contribution < 1.29 is 27.8 Å². The van der Waals surface area contributed by atoms with Crippen LogP contribution in [-0.2, 0) is 10.0 Å². The lowest BCUT2D eigenvalue weighted by atomic mass is 10.1. The Bertz CT molecular complexity index is 910. The molecule has 0 aromatic heterocycles. The van der Waals surface area contributed by atoms with Crippen LogP contribution in [0.25, 0.3) is 0 Å². The Morgan fingerprint density at radius 1 is 1.00 bits per heavy atom. The summed E-state index contributed by atoms with van der Waals surface area (Å²) < 4.78 is 37.3. The van der Waals surface area contributed by atoms with Gasteiger partial charge in [0, 0.05) is 21.7 Å². The van der Waals surface area contributed by atoms with E-state index >= 15 is 0 Å². The highest BCUT2D eigenvalue weighted by molar-refractivity contribution is 7.92. The molecular formula is C15H12Cl2NO6S-. The fraction of sp³-hybridized carbons (Fsp3) is 0.133. The van der Waals surface area contributed by atoms with Crippen molar-refractivity contribution >= 4 is 44.9 Å². The number of carboxylic acids is 1. The fourth-order valence-electron chi connectivity index (χ4n) is 2.02. The van der Waals surface area contributed by atoms with Crippen molar-refractivity contribution in [3.63, 3.8) is 0 Å². The van der Waals surface area contributed by atoms with Crippen LogP contribution < -0.4 is 19.3 Å². The van der Waals surface area contributed by atoms with E-state index in [-0.39, 0.29) is 32.1 Å². The minimum atomic E-state index is -4.17. The number of hydrogen-bond acceptors (Lipinski definition) is 6. The summed E-state index contributed by atoms with van der Waals surface area (Å²) in [7, 11) is -1.53. The molecule has 0 radical (unpaired) electrons. The first-order valence-electron chi connectivity index (χ1n) is 6.64. The van der Waals surface area contributed by atoms with E-state index in [1.165, 1.54) is 38.5 Å². The summed E-state index contributed by atoms with van der Waals surface area (Å²) in [6.45, 7) is 0. The van der Waals surface area contributed by atoms with Gasteiger partial charge in [0.15, 0.2) is 11.5 Å². The molecule has 0 amide bonds. The molecule has 0 bridgehead atoms. The van der Waals surface area contributed by atoms with Crippen LogP contribution in [0.1, 0.15) is 10.4 Å². The third kappa shape index (κ3) is 4.28. The van der Waals surface area contributed by atoms with Gasteiger partial charge in [-0.05, 0) is 24.3 Å². The van der Waals surface area contributed by atoms with Crippen LogP contribution in [0.4, 0.5) is 5.69 Å². The average molecular weight is 405 g/mol. The summed E-state index contributed by atoms with van der Waals surface area (Å²) in [4.78, 5) is 11.1. The Morgan fingerprint density at radius 3 is 2.00 bits per heavy atom. The molecule has 7 nitrogen and oxygen atoms in total. The molecule has 25 heavy (non-hydrogen) atoms. The normalized spacial score (nSPS) is 11.0. The number of methoxy groups -OCH3 is 2. The van der Waals surface area contributed by atoms with Crippen LogP contribution in [-0.4, -0.2) is 28.6 Å². The molecule has 0 aliphatic rings. The molecule has 2 aromatic carbocycles. The predicted octanol–water partition coefficient (Wildman–Crippen LogP) is 2.17. The second-order valence-corrected chi connectivity index (χ2v) is 7.31. The number of hydrogen-bond donors (Lipinski definition) is 1. The van der Waals surface area contributed by atoms with Crippen LogP contribution in [0.3, 0.4) is 0 Å². The Balaban J connectivity index is 2.56. The molecule has 0 saturated carbocycles. The molecule has 0 spiro atoms. The first-order valence-corrected chi connectivity index (χ1v) is 8.88. The monoisotopic (exact) mass is 404 g/mol. The smallest absolute Gasteiger partial charge is 0.262 e. The Hall–Kier alpha value is -2.16. The van der Waals surface area contributed by atoms with E-state index in [0.29, 0.717) is 0 Å². The van der Waals surface area contributed by atoms with Crippen molar-refractivity contribution in [3.8, 4) is 11.5 Å². The number of carbonyl (C=O) groups excluding carboxylic acids is 1. The molecule has 0 fully saturated rings. The number of sulfonamides is 1. The van der Waals surface area contributed by atoms with Crippen LogP contribution in [0.5, 0.6) is 11.5 Å². The van der Waals surface area contributed by atoms with E-state index in [1.54, 1.807) is 0 Å². The van der Waals surface area contributed by atoms with Gasteiger partial charge in [-0.1, -0.05) is 23.2 Å². The van der Waals surface area contributed by atoms with Gasteiger partial charge in [-0.15, -0.1) is 0 Å². The van der Waals surface area contributed by atoms with Gasteiger partial charge in [0.05, 0.1) is 30.8 Å². The van der Waals surface area contributed by atoms with Crippen molar-refractivity contribution in [1.29, 1.82) is 0 Å². The number of carbonyl (C=O) groups is 1. The summed E-state index contributed by atoms with van der Waals surface area (Å²) in [6.07, 6.45) is 0. The molecule has 0 saturated heterocycles. The Kier molecular flexibility index (Phi) is 5.66. The molecule has 0 heterocycles. The van der Waals surface area contributed by atoms with E-state index in [2.05, 4.69) is 4.72 Å². The second kappa shape index (κ2) is 7.38. The maximum atomic E-state index is 12.5. The zero-order valence-electron chi connectivity index (χ0n) is 13.0. The van der Waals surface area contributed by atoms with Crippen molar-refractivity contribution in [2.24, 2.45) is 0 Å². The largest absolute Gasteiger partial charge is 0.545 e. The number of ether oxygens (including phenoxy) is 2. The fourth-order valence-corrected chi connectivity index (χ4v) is 3.82. The lowest BCUT2D eigenvalue weighted by molar-refractivity contribution is -0.254. The average Bonchev–Trinajstić information content (AvgIpc) is 2.52.